The van der Waals surface area contributed by atoms with E-state index in [4.69, 9.17) is 0 Å². The number of H-pyrrole nitrogens is 1. The second-order valence-corrected chi connectivity index (χ2v) is 7.64. The van der Waals surface area contributed by atoms with E-state index < -0.39 is 11.1 Å². The summed E-state index contributed by atoms with van der Waals surface area (Å²) in [5.74, 6) is -0.0588. The highest BCUT2D eigenvalue weighted by Crippen LogP contribution is 2.15. The van der Waals surface area contributed by atoms with E-state index in [-0.39, 0.29) is 5.91 Å². The van der Waals surface area contributed by atoms with Gasteiger partial charge in [-0.3, -0.25) is 19.3 Å². The Kier molecular flexibility index (Phi) is 6.13. The van der Waals surface area contributed by atoms with E-state index in [1.165, 1.54) is 10.1 Å². The van der Waals surface area contributed by atoms with Crippen LogP contribution in [0.5, 0.6) is 0 Å². The van der Waals surface area contributed by atoms with Gasteiger partial charge in [-0.2, -0.15) is 0 Å². The topological polar surface area (TPSA) is 78.4 Å². The maximum Gasteiger partial charge on any atom is 0.316 e. The summed E-state index contributed by atoms with van der Waals surface area (Å²) < 4.78 is 1.42. The van der Waals surface area contributed by atoms with Crippen LogP contribution in [0.2, 0.25) is 0 Å². The van der Waals surface area contributed by atoms with Gasteiger partial charge in [0, 0.05) is 44.8 Å². The first-order valence-corrected chi connectivity index (χ1v) is 10.6. The zero-order valence-electron chi connectivity index (χ0n) is 17.6. The van der Waals surface area contributed by atoms with Crippen molar-refractivity contribution in [1.29, 1.82) is 0 Å². The fourth-order valence-electron chi connectivity index (χ4n) is 3.94. The number of amides is 1. The summed E-state index contributed by atoms with van der Waals surface area (Å²) in [5, 5.41) is 0. The molecular formula is C24H26N4O3. The number of carbonyl (C=O) groups is 1. The van der Waals surface area contributed by atoms with Gasteiger partial charge in [0.25, 0.3) is 5.91 Å². The van der Waals surface area contributed by atoms with E-state index in [1.54, 1.807) is 18.2 Å². The van der Waals surface area contributed by atoms with Crippen molar-refractivity contribution in [3.8, 4) is 0 Å². The molecule has 1 N–H and O–H groups in total. The molecule has 160 valence electrons. The van der Waals surface area contributed by atoms with E-state index in [2.05, 4.69) is 34.2 Å². The minimum absolute atomic E-state index is 0.0588. The Morgan fingerprint density at radius 2 is 1.77 bits per heavy atom. The van der Waals surface area contributed by atoms with Crippen molar-refractivity contribution in [2.45, 2.75) is 13.5 Å². The molecular weight excluding hydrogens is 392 g/mol. The molecule has 3 aromatic rings. The highest BCUT2D eigenvalue weighted by Gasteiger charge is 2.22. The van der Waals surface area contributed by atoms with Crippen LogP contribution < -0.4 is 11.1 Å². The van der Waals surface area contributed by atoms with Crippen LogP contribution in [0.3, 0.4) is 0 Å². The number of aromatic nitrogens is 2. The van der Waals surface area contributed by atoms with Crippen molar-refractivity contribution in [3.05, 3.63) is 86.4 Å². The van der Waals surface area contributed by atoms with Crippen LogP contribution in [0.15, 0.2) is 64.2 Å². The lowest BCUT2D eigenvalue weighted by Crippen LogP contribution is -2.48. The Balaban J connectivity index is 1.41. The van der Waals surface area contributed by atoms with Crippen LogP contribution in [-0.2, 0) is 6.54 Å². The third kappa shape index (κ3) is 4.51. The van der Waals surface area contributed by atoms with Gasteiger partial charge in [0.2, 0.25) is 0 Å². The van der Waals surface area contributed by atoms with E-state index in [0.29, 0.717) is 36.2 Å². The van der Waals surface area contributed by atoms with Crippen LogP contribution >= 0.6 is 0 Å². The standard InChI is InChI=1S/C24H26N4O3/c1-2-28-21-11-10-19(17-20(21)25-22(29)24(28)31)23(30)27-15-13-26(14-16-27)12-6-9-18-7-4-3-5-8-18/h3-11,17H,2,12-16H2,1H3,(H,25,29). The molecule has 0 spiro atoms. The number of nitrogens with one attached hydrogen (secondary N) is 1. The molecule has 1 fully saturated rings. The van der Waals surface area contributed by atoms with E-state index in [0.717, 1.165) is 19.6 Å². The number of carbonyl (C=O) groups excluding carboxylic acids is 1. The molecule has 1 aliphatic rings. The minimum atomic E-state index is -0.670. The van der Waals surface area contributed by atoms with Gasteiger partial charge in [0.1, 0.15) is 0 Å². The van der Waals surface area contributed by atoms with Crippen molar-refractivity contribution in [2.75, 3.05) is 32.7 Å². The number of fused-ring (bicyclic) bond motifs is 1. The smallest absolute Gasteiger partial charge is 0.316 e. The summed E-state index contributed by atoms with van der Waals surface area (Å²) in [5.41, 5.74) is 1.57. The van der Waals surface area contributed by atoms with Crippen LogP contribution in [-0.4, -0.2) is 58.0 Å². The molecule has 0 atom stereocenters. The number of rotatable bonds is 5. The van der Waals surface area contributed by atoms with Gasteiger partial charge in [0.05, 0.1) is 11.0 Å². The Bertz CT molecular complexity index is 1220. The van der Waals surface area contributed by atoms with Gasteiger partial charge in [0.15, 0.2) is 0 Å². The molecule has 0 unspecified atom stereocenters. The number of aromatic amines is 1. The third-order valence-corrected chi connectivity index (χ3v) is 5.67. The average molecular weight is 418 g/mol. The molecule has 0 saturated carbocycles. The highest BCUT2D eigenvalue weighted by atomic mass is 16.2. The highest BCUT2D eigenvalue weighted by molar-refractivity contribution is 5.97. The Morgan fingerprint density at radius 3 is 2.48 bits per heavy atom. The minimum Gasteiger partial charge on any atom is -0.336 e. The molecule has 2 heterocycles. The largest absolute Gasteiger partial charge is 0.336 e. The Morgan fingerprint density at radius 1 is 1.03 bits per heavy atom. The SMILES string of the molecule is CCn1c(=O)c(=O)[nH]c2cc(C(=O)N3CCN(CC=Cc4ccccc4)CC3)ccc21. The number of hydrogen-bond donors (Lipinski definition) is 1. The zero-order chi connectivity index (χ0) is 21.8. The molecule has 0 radical (unpaired) electrons. The predicted molar refractivity (Wildman–Crippen MR) is 122 cm³/mol. The van der Waals surface area contributed by atoms with Crippen molar-refractivity contribution >= 4 is 23.0 Å². The number of piperazine rings is 1. The maximum atomic E-state index is 13.0. The fraction of sp³-hybridized carbons (Fsp3) is 0.292. The van der Waals surface area contributed by atoms with Crippen LogP contribution in [0.25, 0.3) is 17.1 Å². The lowest BCUT2D eigenvalue weighted by molar-refractivity contribution is 0.0650. The van der Waals surface area contributed by atoms with Crippen LogP contribution in [0, 0.1) is 0 Å². The first-order chi connectivity index (χ1) is 15.1. The number of aryl methyl sites for hydroxylation is 1. The second-order valence-electron chi connectivity index (χ2n) is 7.64. The van der Waals surface area contributed by atoms with Crippen LogP contribution in [0.4, 0.5) is 0 Å². The predicted octanol–water partition coefficient (Wildman–Crippen LogP) is 2.18. The number of hydrogen-bond acceptors (Lipinski definition) is 4. The molecule has 1 saturated heterocycles. The second kappa shape index (κ2) is 9.14. The maximum absolute atomic E-state index is 13.0. The summed E-state index contributed by atoms with van der Waals surface area (Å²) in [4.78, 5) is 43.7. The van der Waals surface area contributed by atoms with Crippen LogP contribution in [0.1, 0.15) is 22.8 Å². The average Bonchev–Trinajstić information content (AvgIpc) is 2.80. The van der Waals surface area contributed by atoms with Gasteiger partial charge in [-0.05, 0) is 30.7 Å². The Hall–Kier alpha value is -3.45. The van der Waals surface area contributed by atoms with Gasteiger partial charge < -0.3 is 14.5 Å². The molecule has 31 heavy (non-hydrogen) atoms. The molecule has 2 aromatic carbocycles. The summed E-state index contributed by atoms with van der Waals surface area (Å²) in [6, 6.07) is 15.3. The van der Waals surface area contributed by atoms with Crippen molar-refractivity contribution in [1.82, 2.24) is 19.4 Å². The van der Waals surface area contributed by atoms with Crippen molar-refractivity contribution in [2.24, 2.45) is 0 Å². The lowest BCUT2D eigenvalue weighted by atomic mass is 10.1. The summed E-state index contributed by atoms with van der Waals surface area (Å²) in [6.07, 6.45) is 4.27. The zero-order valence-corrected chi connectivity index (χ0v) is 17.6. The van der Waals surface area contributed by atoms with E-state index in [1.807, 2.05) is 30.0 Å². The van der Waals surface area contributed by atoms with Crippen molar-refractivity contribution < 1.29 is 4.79 Å². The summed E-state index contributed by atoms with van der Waals surface area (Å²) >= 11 is 0. The molecule has 4 rings (SSSR count). The summed E-state index contributed by atoms with van der Waals surface area (Å²) in [7, 11) is 0. The number of benzene rings is 2. The van der Waals surface area contributed by atoms with Gasteiger partial charge in [-0.25, -0.2) is 0 Å². The monoisotopic (exact) mass is 418 g/mol. The fourth-order valence-corrected chi connectivity index (χ4v) is 3.94. The third-order valence-electron chi connectivity index (χ3n) is 5.67. The molecule has 7 heteroatoms. The number of nitrogens with zero attached hydrogens (tertiary/aromatic N) is 3. The molecule has 1 amide bonds. The molecule has 1 aliphatic heterocycles. The van der Waals surface area contributed by atoms with Gasteiger partial charge in [-0.15, -0.1) is 0 Å². The Labute approximate surface area is 180 Å². The normalized spacial score (nSPS) is 15.1. The first kappa shape index (κ1) is 20.8. The molecule has 1 aromatic heterocycles. The summed E-state index contributed by atoms with van der Waals surface area (Å²) in [6.45, 7) is 5.99. The molecule has 0 aliphatic carbocycles. The van der Waals surface area contributed by atoms with Crippen molar-refractivity contribution in [3.63, 3.8) is 0 Å². The molecule has 7 nitrogen and oxygen atoms in total. The van der Waals surface area contributed by atoms with Gasteiger partial charge >= 0.3 is 11.1 Å². The first-order valence-electron chi connectivity index (χ1n) is 10.6. The van der Waals surface area contributed by atoms with E-state index >= 15 is 0 Å². The quantitative estimate of drug-likeness (QED) is 0.645. The van der Waals surface area contributed by atoms with Gasteiger partial charge in [-0.1, -0.05) is 42.5 Å². The molecule has 0 bridgehead atoms. The lowest BCUT2D eigenvalue weighted by Gasteiger charge is -2.34. The van der Waals surface area contributed by atoms with E-state index in [9.17, 15) is 14.4 Å².